The second-order valence-corrected chi connectivity index (χ2v) is 4.78. The van der Waals surface area contributed by atoms with Crippen LogP contribution in [0.2, 0.25) is 0 Å². The number of esters is 1. The Morgan fingerprint density at radius 1 is 1.05 bits per heavy atom. The zero-order valence-corrected chi connectivity index (χ0v) is 11.8. The average molecular weight is 282 g/mol. The van der Waals surface area contributed by atoms with Crippen LogP contribution in [0, 0.1) is 5.92 Å². The number of aliphatic hydroxyl groups excluding tert-OH is 1. The van der Waals surface area contributed by atoms with E-state index in [2.05, 4.69) is 0 Å². The van der Waals surface area contributed by atoms with Crippen LogP contribution in [0.1, 0.15) is 12.5 Å². The van der Waals surface area contributed by atoms with Crippen molar-refractivity contribution < 1.29 is 14.6 Å². The Hall–Kier alpha value is -2.39. The summed E-state index contributed by atoms with van der Waals surface area (Å²) >= 11 is 0. The molecule has 0 fully saturated rings. The molecule has 0 aliphatic rings. The van der Waals surface area contributed by atoms with Gasteiger partial charge >= 0.3 is 5.97 Å². The van der Waals surface area contributed by atoms with Gasteiger partial charge in [-0.1, -0.05) is 60.7 Å². The van der Waals surface area contributed by atoms with Gasteiger partial charge in [0, 0.05) is 0 Å². The molecule has 0 saturated heterocycles. The Bertz CT molecular complexity index is 590. The number of para-hydroxylation sites is 1. The lowest BCUT2D eigenvalue weighted by Crippen LogP contribution is -2.27. The SMILES string of the molecule is C[C@@H](C(=O)Oc1ccccc1)[C@H](O)/C=C/c1ccccc1. The van der Waals surface area contributed by atoms with Crippen molar-refractivity contribution >= 4 is 12.0 Å². The molecule has 0 aliphatic heterocycles. The van der Waals surface area contributed by atoms with Gasteiger partial charge in [-0.2, -0.15) is 0 Å². The van der Waals surface area contributed by atoms with Gasteiger partial charge < -0.3 is 9.84 Å². The molecule has 3 heteroatoms. The number of rotatable bonds is 5. The second-order valence-electron chi connectivity index (χ2n) is 4.78. The van der Waals surface area contributed by atoms with E-state index >= 15 is 0 Å². The van der Waals surface area contributed by atoms with Crippen LogP contribution in [-0.2, 0) is 4.79 Å². The maximum atomic E-state index is 11.9. The fraction of sp³-hybridized carbons (Fsp3) is 0.167. The number of carbonyl (C=O) groups excluding carboxylic acids is 1. The number of benzene rings is 2. The molecule has 0 aromatic heterocycles. The van der Waals surface area contributed by atoms with Gasteiger partial charge in [-0.15, -0.1) is 0 Å². The molecule has 2 aromatic rings. The molecule has 0 heterocycles. The number of hydrogen-bond acceptors (Lipinski definition) is 3. The van der Waals surface area contributed by atoms with Crippen LogP contribution in [0.5, 0.6) is 5.75 Å². The lowest BCUT2D eigenvalue weighted by atomic mass is 10.0. The van der Waals surface area contributed by atoms with Crippen molar-refractivity contribution in [2.24, 2.45) is 5.92 Å². The molecule has 2 aromatic carbocycles. The zero-order valence-electron chi connectivity index (χ0n) is 11.8. The molecular weight excluding hydrogens is 264 g/mol. The van der Waals surface area contributed by atoms with E-state index in [1.54, 1.807) is 43.3 Å². The van der Waals surface area contributed by atoms with Crippen molar-refractivity contribution in [3.05, 3.63) is 72.3 Å². The second kappa shape index (κ2) is 7.41. The van der Waals surface area contributed by atoms with Crippen LogP contribution >= 0.6 is 0 Å². The summed E-state index contributed by atoms with van der Waals surface area (Å²) < 4.78 is 5.22. The van der Waals surface area contributed by atoms with Crippen molar-refractivity contribution in [2.75, 3.05) is 0 Å². The first-order chi connectivity index (χ1) is 10.2. The van der Waals surface area contributed by atoms with Crippen LogP contribution in [0.15, 0.2) is 66.7 Å². The first-order valence-electron chi connectivity index (χ1n) is 6.85. The Labute approximate surface area is 124 Å². The molecular formula is C18H18O3. The molecule has 1 N–H and O–H groups in total. The van der Waals surface area contributed by atoms with Gasteiger partial charge in [0.15, 0.2) is 0 Å². The number of ether oxygens (including phenoxy) is 1. The minimum absolute atomic E-state index is 0.452. The van der Waals surface area contributed by atoms with E-state index < -0.39 is 18.0 Å². The van der Waals surface area contributed by atoms with Crippen LogP contribution in [0.3, 0.4) is 0 Å². The Balaban J connectivity index is 1.94. The lowest BCUT2D eigenvalue weighted by molar-refractivity contribution is -0.140. The van der Waals surface area contributed by atoms with Gasteiger partial charge in [0.05, 0.1) is 12.0 Å². The summed E-state index contributed by atoms with van der Waals surface area (Å²) in [4.78, 5) is 11.9. The highest BCUT2D eigenvalue weighted by Gasteiger charge is 2.21. The highest BCUT2D eigenvalue weighted by Crippen LogP contribution is 2.14. The van der Waals surface area contributed by atoms with E-state index in [-0.39, 0.29) is 0 Å². The molecule has 0 radical (unpaired) electrons. The first-order valence-corrected chi connectivity index (χ1v) is 6.85. The van der Waals surface area contributed by atoms with Gasteiger partial charge in [0.2, 0.25) is 0 Å². The number of hydrogen-bond donors (Lipinski definition) is 1. The minimum atomic E-state index is -0.888. The largest absolute Gasteiger partial charge is 0.426 e. The summed E-state index contributed by atoms with van der Waals surface area (Å²) in [6.45, 7) is 1.64. The first kappa shape index (κ1) is 15.0. The molecule has 0 spiro atoms. The zero-order chi connectivity index (χ0) is 15.1. The average Bonchev–Trinajstić information content (AvgIpc) is 2.53. The molecule has 0 saturated carbocycles. The fourth-order valence-corrected chi connectivity index (χ4v) is 1.78. The highest BCUT2D eigenvalue weighted by atomic mass is 16.5. The Morgan fingerprint density at radius 3 is 2.24 bits per heavy atom. The fourth-order valence-electron chi connectivity index (χ4n) is 1.78. The predicted molar refractivity (Wildman–Crippen MR) is 82.7 cm³/mol. The molecule has 2 atom stereocenters. The van der Waals surface area contributed by atoms with Crippen LogP contribution in [0.4, 0.5) is 0 Å². The smallest absolute Gasteiger partial charge is 0.317 e. The highest BCUT2D eigenvalue weighted by molar-refractivity contribution is 5.75. The molecule has 21 heavy (non-hydrogen) atoms. The third kappa shape index (κ3) is 4.58. The van der Waals surface area contributed by atoms with Gasteiger partial charge in [-0.05, 0) is 24.6 Å². The summed E-state index contributed by atoms with van der Waals surface area (Å²) in [5.74, 6) is -0.606. The molecule has 0 amide bonds. The molecule has 2 rings (SSSR count). The predicted octanol–water partition coefficient (Wildman–Crippen LogP) is 3.30. The van der Waals surface area contributed by atoms with Crippen LogP contribution in [-0.4, -0.2) is 17.2 Å². The van der Waals surface area contributed by atoms with Crippen LogP contribution in [0.25, 0.3) is 6.08 Å². The van der Waals surface area contributed by atoms with Crippen molar-refractivity contribution in [1.29, 1.82) is 0 Å². The molecule has 108 valence electrons. The standard InChI is InChI=1S/C18H18O3/c1-14(18(20)21-16-10-6-3-7-11-16)17(19)13-12-15-8-4-2-5-9-15/h2-14,17,19H,1H3/b13-12+/t14-,17-/m1/s1. The maximum Gasteiger partial charge on any atom is 0.317 e. The molecule has 0 unspecified atom stereocenters. The van der Waals surface area contributed by atoms with Crippen molar-refractivity contribution in [1.82, 2.24) is 0 Å². The Morgan fingerprint density at radius 2 is 1.62 bits per heavy atom. The van der Waals surface area contributed by atoms with E-state index in [1.165, 1.54) is 0 Å². The third-order valence-electron chi connectivity index (χ3n) is 3.13. The van der Waals surface area contributed by atoms with E-state index in [0.29, 0.717) is 5.75 Å². The normalized spacial score (nSPS) is 13.8. The van der Waals surface area contributed by atoms with Gasteiger partial charge in [-0.25, -0.2) is 0 Å². The Kier molecular flexibility index (Phi) is 5.29. The molecule has 3 nitrogen and oxygen atoms in total. The van der Waals surface area contributed by atoms with Crippen molar-refractivity contribution in [3.8, 4) is 5.75 Å². The van der Waals surface area contributed by atoms with E-state index in [9.17, 15) is 9.90 Å². The van der Waals surface area contributed by atoms with E-state index in [4.69, 9.17) is 4.74 Å². The van der Waals surface area contributed by atoms with Crippen molar-refractivity contribution in [2.45, 2.75) is 13.0 Å². The molecule has 0 bridgehead atoms. The topological polar surface area (TPSA) is 46.5 Å². The summed E-state index contributed by atoms with van der Waals surface area (Å²) in [7, 11) is 0. The minimum Gasteiger partial charge on any atom is -0.426 e. The maximum absolute atomic E-state index is 11.9. The number of carbonyl (C=O) groups is 1. The summed E-state index contributed by atoms with van der Waals surface area (Å²) in [5.41, 5.74) is 0.972. The van der Waals surface area contributed by atoms with Gasteiger partial charge in [0.1, 0.15) is 5.75 Å². The third-order valence-corrected chi connectivity index (χ3v) is 3.13. The van der Waals surface area contributed by atoms with Gasteiger partial charge in [-0.3, -0.25) is 4.79 Å². The summed E-state index contributed by atoms with van der Waals surface area (Å²) in [5, 5.41) is 10.0. The van der Waals surface area contributed by atoms with Crippen molar-refractivity contribution in [3.63, 3.8) is 0 Å². The van der Waals surface area contributed by atoms with E-state index in [1.807, 2.05) is 36.4 Å². The summed E-state index contributed by atoms with van der Waals surface area (Å²) in [6, 6.07) is 18.4. The van der Waals surface area contributed by atoms with Crippen LogP contribution < -0.4 is 4.74 Å². The van der Waals surface area contributed by atoms with E-state index in [0.717, 1.165) is 5.56 Å². The quantitative estimate of drug-likeness (QED) is 0.676. The van der Waals surface area contributed by atoms with Gasteiger partial charge in [0.25, 0.3) is 0 Å². The number of aliphatic hydroxyl groups is 1. The monoisotopic (exact) mass is 282 g/mol. The summed E-state index contributed by atoms with van der Waals surface area (Å²) in [6.07, 6.45) is 2.50. The lowest BCUT2D eigenvalue weighted by Gasteiger charge is -2.14. The molecule has 0 aliphatic carbocycles.